The van der Waals surface area contributed by atoms with Crippen molar-refractivity contribution in [3.63, 3.8) is 0 Å². The van der Waals surface area contributed by atoms with E-state index in [9.17, 15) is 26.7 Å². The van der Waals surface area contributed by atoms with Gasteiger partial charge in [-0.25, -0.2) is 8.78 Å². The normalized spacial score (nSPS) is 12.4. The van der Waals surface area contributed by atoms with Crippen molar-refractivity contribution < 1.29 is 26.7 Å². The standard InChI is InChI=1S/C14H15F5OS/c15-13(16,7-4-8-14(17,18)19)9-10-21-12(20)11-5-2-1-3-6-11/h1-3,5-6H,4,7-10H2. The van der Waals surface area contributed by atoms with Crippen LogP contribution in [0.1, 0.15) is 36.0 Å². The molecule has 1 aromatic carbocycles. The maximum Gasteiger partial charge on any atom is 0.389 e. The van der Waals surface area contributed by atoms with Gasteiger partial charge in [0, 0.05) is 30.6 Å². The minimum Gasteiger partial charge on any atom is -0.282 e. The fraction of sp³-hybridized carbons (Fsp3) is 0.500. The van der Waals surface area contributed by atoms with Crippen LogP contribution in [-0.4, -0.2) is 23.0 Å². The third kappa shape index (κ3) is 8.04. The predicted octanol–water partition coefficient (Wildman–Crippen LogP) is 5.32. The minimum absolute atomic E-state index is 0.118. The van der Waals surface area contributed by atoms with E-state index in [0.717, 1.165) is 11.8 Å². The Bertz CT molecular complexity index is 444. The Hall–Kier alpha value is -1.11. The first-order valence-electron chi connectivity index (χ1n) is 6.36. The molecule has 0 N–H and O–H groups in total. The first-order chi connectivity index (χ1) is 9.70. The molecule has 0 aliphatic rings. The van der Waals surface area contributed by atoms with Gasteiger partial charge in [0.2, 0.25) is 11.0 Å². The monoisotopic (exact) mass is 326 g/mol. The van der Waals surface area contributed by atoms with Crippen molar-refractivity contribution in [1.82, 2.24) is 0 Å². The van der Waals surface area contributed by atoms with E-state index in [1.54, 1.807) is 30.3 Å². The summed E-state index contributed by atoms with van der Waals surface area (Å²) in [7, 11) is 0. The fourth-order valence-corrected chi connectivity index (χ4v) is 2.51. The highest BCUT2D eigenvalue weighted by molar-refractivity contribution is 8.14. The van der Waals surface area contributed by atoms with E-state index in [4.69, 9.17) is 0 Å². The molecular weight excluding hydrogens is 311 g/mol. The Kier molecular flexibility index (Phi) is 6.64. The summed E-state index contributed by atoms with van der Waals surface area (Å²) in [6.07, 6.45) is -7.64. The van der Waals surface area contributed by atoms with Crippen molar-refractivity contribution in [3.05, 3.63) is 35.9 Å². The zero-order chi connectivity index (χ0) is 15.9. The summed E-state index contributed by atoms with van der Waals surface area (Å²) in [6.45, 7) is 0. The highest BCUT2D eigenvalue weighted by Gasteiger charge is 2.32. The van der Waals surface area contributed by atoms with Crippen LogP contribution in [0.25, 0.3) is 0 Å². The van der Waals surface area contributed by atoms with Crippen LogP contribution in [0.2, 0.25) is 0 Å². The van der Waals surface area contributed by atoms with Crippen molar-refractivity contribution in [3.8, 4) is 0 Å². The summed E-state index contributed by atoms with van der Waals surface area (Å²) >= 11 is 0.754. The molecule has 0 unspecified atom stereocenters. The van der Waals surface area contributed by atoms with Gasteiger partial charge in [0.15, 0.2) is 0 Å². The van der Waals surface area contributed by atoms with Crippen LogP contribution in [0.4, 0.5) is 22.0 Å². The molecule has 118 valence electrons. The largest absolute Gasteiger partial charge is 0.389 e. The first-order valence-corrected chi connectivity index (χ1v) is 7.35. The molecule has 0 saturated carbocycles. The maximum atomic E-state index is 13.4. The summed E-state index contributed by atoms with van der Waals surface area (Å²) in [5.74, 6) is -3.29. The van der Waals surface area contributed by atoms with Crippen LogP contribution >= 0.6 is 11.8 Å². The molecule has 1 nitrogen and oxygen atoms in total. The van der Waals surface area contributed by atoms with Gasteiger partial charge < -0.3 is 0 Å². The van der Waals surface area contributed by atoms with E-state index in [-0.39, 0.29) is 10.9 Å². The van der Waals surface area contributed by atoms with Crippen molar-refractivity contribution in [1.29, 1.82) is 0 Å². The molecule has 0 aromatic heterocycles. The molecule has 0 bridgehead atoms. The van der Waals surface area contributed by atoms with Crippen LogP contribution in [0.3, 0.4) is 0 Å². The van der Waals surface area contributed by atoms with E-state index in [1.807, 2.05) is 0 Å². The van der Waals surface area contributed by atoms with E-state index < -0.39 is 37.8 Å². The van der Waals surface area contributed by atoms with Crippen molar-refractivity contribution in [2.24, 2.45) is 0 Å². The molecule has 0 saturated heterocycles. The smallest absolute Gasteiger partial charge is 0.282 e. The van der Waals surface area contributed by atoms with Gasteiger partial charge in [-0.05, 0) is 6.42 Å². The molecule has 1 aromatic rings. The van der Waals surface area contributed by atoms with E-state index >= 15 is 0 Å². The van der Waals surface area contributed by atoms with Gasteiger partial charge in [0.05, 0.1) is 0 Å². The van der Waals surface area contributed by atoms with Gasteiger partial charge in [-0.15, -0.1) is 0 Å². The van der Waals surface area contributed by atoms with Gasteiger partial charge in [0.1, 0.15) is 0 Å². The van der Waals surface area contributed by atoms with Gasteiger partial charge in [-0.3, -0.25) is 4.79 Å². The van der Waals surface area contributed by atoms with E-state index in [2.05, 4.69) is 0 Å². The molecule has 0 radical (unpaired) electrons. The topological polar surface area (TPSA) is 17.1 Å². The zero-order valence-electron chi connectivity index (χ0n) is 11.1. The van der Waals surface area contributed by atoms with Crippen molar-refractivity contribution >= 4 is 16.9 Å². The Morgan fingerprint density at radius 2 is 1.57 bits per heavy atom. The Labute approximate surface area is 123 Å². The SMILES string of the molecule is O=C(SCCC(F)(F)CCCC(F)(F)F)c1ccccc1. The first kappa shape index (κ1) is 17.9. The molecule has 0 heterocycles. The van der Waals surface area contributed by atoms with Gasteiger partial charge >= 0.3 is 6.18 Å². The Balaban J connectivity index is 2.29. The number of halogens is 5. The van der Waals surface area contributed by atoms with Crippen LogP contribution in [0.5, 0.6) is 0 Å². The molecule has 0 amide bonds. The number of rotatable bonds is 7. The summed E-state index contributed by atoms with van der Waals surface area (Å²) in [4.78, 5) is 11.6. The number of carbonyl (C=O) groups is 1. The second-order valence-corrected chi connectivity index (χ2v) is 5.64. The average Bonchev–Trinajstić information content (AvgIpc) is 2.37. The highest BCUT2D eigenvalue weighted by Crippen LogP contribution is 2.31. The van der Waals surface area contributed by atoms with Crippen LogP contribution in [0, 0.1) is 0 Å². The van der Waals surface area contributed by atoms with Gasteiger partial charge in [-0.1, -0.05) is 42.1 Å². The van der Waals surface area contributed by atoms with Crippen LogP contribution < -0.4 is 0 Å². The number of carbonyl (C=O) groups excluding carboxylic acids is 1. The molecule has 0 aliphatic carbocycles. The van der Waals surface area contributed by atoms with Crippen molar-refractivity contribution in [2.45, 2.75) is 37.8 Å². The third-order valence-electron chi connectivity index (χ3n) is 2.71. The Morgan fingerprint density at radius 3 is 2.14 bits per heavy atom. The maximum absolute atomic E-state index is 13.4. The van der Waals surface area contributed by atoms with Crippen LogP contribution in [-0.2, 0) is 0 Å². The molecular formula is C14H15F5OS. The minimum atomic E-state index is -4.41. The molecule has 7 heteroatoms. The van der Waals surface area contributed by atoms with E-state index in [0.29, 0.717) is 5.56 Å². The van der Waals surface area contributed by atoms with Gasteiger partial charge in [-0.2, -0.15) is 13.2 Å². The summed E-state index contributed by atoms with van der Waals surface area (Å²) in [6, 6.07) is 8.23. The lowest BCUT2D eigenvalue weighted by atomic mass is 10.1. The number of hydrogen-bond acceptors (Lipinski definition) is 2. The number of benzene rings is 1. The zero-order valence-corrected chi connectivity index (χ0v) is 11.9. The summed E-state index contributed by atoms with van der Waals surface area (Å²) in [5.41, 5.74) is 0.419. The lowest BCUT2D eigenvalue weighted by Gasteiger charge is -2.16. The second-order valence-electron chi connectivity index (χ2n) is 4.58. The molecule has 0 fully saturated rings. The third-order valence-corrected chi connectivity index (χ3v) is 3.62. The summed E-state index contributed by atoms with van der Waals surface area (Å²) in [5, 5.41) is -0.318. The number of thioether (sulfide) groups is 1. The number of hydrogen-bond donors (Lipinski definition) is 0. The van der Waals surface area contributed by atoms with Gasteiger partial charge in [0.25, 0.3) is 0 Å². The lowest BCUT2D eigenvalue weighted by molar-refractivity contribution is -0.139. The number of alkyl halides is 5. The quantitative estimate of drug-likeness (QED) is 0.631. The van der Waals surface area contributed by atoms with Crippen LogP contribution in [0.15, 0.2) is 30.3 Å². The molecule has 1 rings (SSSR count). The van der Waals surface area contributed by atoms with Crippen molar-refractivity contribution in [2.75, 3.05) is 5.75 Å². The fourth-order valence-electron chi connectivity index (χ4n) is 1.62. The molecule has 21 heavy (non-hydrogen) atoms. The summed E-state index contributed by atoms with van der Waals surface area (Å²) < 4.78 is 62.4. The Morgan fingerprint density at radius 1 is 0.952 bits per heavy atom. The highest BCUT2D eigenvalue weighted by atomic mass is 32.2. The lowest BCUT2D eigenvalue weighted by Crippen LogP contribution is -2.19. The van der Waals surface area contributed by atoms with E-state index in [1.165, 1.54) is 0 Å². The molecule has 0 spiro atoms. The molecule has 0 aliphatic heterocycles. The second kappa shape index (κ2) is 7.77. The predicted molar refractivity (Wildman–Crippen MR) is 72.7 cm³/mol. The average molecular weight is 326 g/mol. The molecule has 0 atom stereocenters.